The lowest BCUT2D eigenvalue weighted by atomic mass is 9.92. The zero-order valence-electron chi connectivity index (χ0n) is 80.1. The molecule has 138 heavy (non-hydrogen) atoms. The van der Waals surface area contributed by atoms with Crippen molar-refractivity contribution >= 4 is 154 Å². The molecule has 37 nitrogen and oxygen atoms in total. The maximum Gasteiger partial charge on any atom is 0.326 e. The normalized spacial score (nSPS) is 13.0. The number of rotatable bonds is 32. The minimum absolute atomic E-state index is 0.0780. The molecule has 16 rings (SSSR count). The summed E-state index contributed by atoms with van der Waals surface area (Å²) in [6, 6.07) is 29.2. The third kappa shape index (κ3) is 32.0. The summed E-state index contributed by atoms with van der Waals surface area (Å²) in [5, 5.41) is 69.7. The number of hydrogen-bond donors (Lipinski definition) is 14. The summed E-state index contributed by atoms with van der Waals surface area (Å²) >= 11 is 5.74. The van der Waals surface area contributed by atoms with Crippen molar-refractivity contribution < 1.29 is 43.8 Å². The number of urea groups is 4. The number of thiazole rings is 4. The summed E-state index contributed by atoms with van der Waals surface area (Å²) in [6.45, 7) is 30.0. The largest absolute Gasteiger partial charge is 0.387 e. The van der Waals surface area contributed by atoms with E-state index < -0.39 is 31.1 Å². The van der Waals surface area contributed by atoms with Gasteiger partial charge >= 0.3 is 24.1 Å². The molecular weight excluding hydrogens is 1830 g/mol. The Hall–Kier alpha value is -13.6. The lowest BCUT2D eigenvalue weighted by Crippen LogP contribution is -2.21. The van der Waals surface area contributed by atoms with Gasteiger partial charge in [0, 0.05) is 142 Å². The molecule has 12 aromatic heterocycles. The average molecular weight is 1950 g/mol. The van der Waals surface area contributed by atoms with Crippen LogP contribution in [0.15, 0.2) is 147 Å². The molecule has 3 aliphatic carbocycles. The van der Waals surface area contributed by atoms with Crippen LogP contribution >= 0.6 is 45.3 Å². The molecule has 728 valence electrons. The smallest absolute Gasteiger partial charge is 0.326 e. The number of carbonyl (C=O) groups is 7. The quantitative estimate of drug-likeness (QED) is 0.0186. The summed E-state index contributed by atoms with van der Waals surface area (Å²) in [6.07, 6.45) is 27.1. The van der Waals surface area contributed by atoms with E-state index in [9.17, 15) is 33.6 Å². The Morgan fingerprint density at radius 2 is 0.667 bits per heavy atom. The Labute approximate surface area is 817 Å². The van der Waals surface area contributed by atoms with Crippen LogP contribution in [0.4, 0.5) is 86.2 Å². The van der Waals surface area contributed by atoms with Crippen LogP contribution in [0.2, 0.25) is 0 Å². The zero-order valence-corrected chi connectivity index (χ0v) is 83.4. The summed E-state index contributed by atoms with van der Waals surface area (Å²) < 4.78 is 7.48. The highest BCUT2D eigenvalue weighted by Crippen LogP contribution is 2.38. The Balaban J connectivity index is 0.000000156. The molecule has 3 fully saturated rings. The molecule has 11 amide bonds. The first-order valence-electron chi connectivity index (χ1n) is 45.9. The van der Waals surface area contributed by atoms with Gasteiger partial charge in [-0.1, -0.05) is 95.2 Å². The second-order valence-electron chi connectivity index (χ2n) is 38.5. The fourth-order valence-corrected chi connectivity index (χ4v) is 17.0. The topological polar surface area (TPSA) is 493 Å². The van der Waals surface area contributed by atoms with Crippen molar-refractivity contribution in [1.82, 2.24) is 79.0 Å². The van der Waals surface area contributed by atoms with Crippen molar-refractivity contribution in [3.05, 3.63) is 217 Å². The van der Waals surface area contributed by atoms with E-state index in [0.29, 0.717) is 98.3 Å². The summed E-state index contributed by atoms with van der Waals surface area (Å²) in [4.78, 5) is 123. The van der Waals surface area contributed by atoms with Crippen LogP contribution in [0.25, 0.3) is 5.69 Å². The van der Waals surface area contributed by atoms with E-state index in [0.717, 1.165) is 133 Å². The monoisotopic (exact) mass is 1950 g/mol. The number of aryl methyl sites for hydroxylation is 9. The van der Waals surface area contributed by atoms with Crippen molar-refractivity contribution in [2.24, 2.45) is 17.8 Å². The van der Waals surface area contributed by atoms with Crippen molar-refractivity contribution in [2.45, 2.75) is 228 Å². The maximum absolute atomic E-state index is 12.9. The first kappa shape index (κ1) is 102. The number of aliphatic hydroxyl groups is 2. The first-order chi connectivity index (χ1) is 65.7. The fourth-order valence-electron chi connectivity index (χ4n) is 13.8. The summed E-state index contributed by atoms with van der Waals surface area (Å²) in [5.41, 5.74) is 15.1. The van der Waals surface area contributed by atoms with Gasteiger partial charge in [-0.2, -0.15) is 20.4 Å². The molecule has 41 heteroatoms. The molecule has 1 aromatic carbocycles. The lowest BCUT2D eigenvalue weighted by molar-refractivity contribution is -0.119. The molecular formula is C97H122N28O9S4. The molecule has 3 aliphatic rings. The molecule has 0 radical (unpaired) electrons. The highest BCUT2D eigenvalue weighted by molar-refractivity contribution is 7.16. The lowest BCUT2D eigenvalue weighted by Gasteiger charge is -2.14. The number of nitrogens with zero attached hydrogens (tertiary/aromatic N) is 16. The van der Waals surface area contributed by atoms with Gasteiger partial charge in [0.1, 0.15) is 59.8 Å². The average Bonchev–Trinajstić information content (AvgIpc) is 1.66. The highest BCUT2D eigenvalue weighted by Gasteiger charge is 2.32. The number of nitrogen functional groups attached to an aromatic ring is 1. The number of benzene rings is 1. The number of aromatic nitrogens is 16. The van der Waals surface area contributed by atoms with Crippen LogP contribution in [0.3, 0.4) is 0 Å². The van der Waals surface area contributed by atoms with Gasteiger partial charge in [0.05, 0.1) is 28.5 Å². The molecule has 0 unspecified atom stereocenters. The van der Waals surface area contributed by atoms with Crippen LogP contribution in [0.1, 0.15) is 199 Å². The van der Waals surface area contributed by atoms with Crippen molar-refractivity contribution in [1.29, 1.82) is 0 Å². The number of nitrogens with two attached hydrogens (primary N) is 1. The SMILES string of the molecule is CC(=O)Nc1cc(CCc2cnc(NC(=O)Nc3cc(C(C)(C)C)nn3CC3CC3)s2)ccn1.CC(C)(C)c1cc(NC(=O)Nc2ncc(CCc3ccnc(N)c3)s2)n(CC2CC2)n1.CC(C)(C)c1cc(NC(=O)Nc2ncc(CCc3ccnc(NC(=O)CO)c3)s2)n(CC2CC2)n1.Cc1cccc(-n2nc(C(C)(C)C)cc2NC(=O)Nc2ncc(CCc3ccnc(NC(=O)CO)c3)s2)c1. The molecule has 0 aliphatic heterocycles. The third-order valence-electron chi connectivity index (χ3n) is 21.9. The van der Waals surface area contributed by atoms with Crippen molar-refractivity contribution in [3.63, 3.8) is 0 Å². The summed E-state index contributed by atoms with van der Waals surface area (Å²) in [5.74, 6) is 5.33. The second-order valence-corrected chi connectivity index (χ2v) is 42.9. The number of pyridine rings is 4. The van der Waals surface area contributed by atoms with Crippen molar-refractivity contribution in [2.75, 3.05) is 77.4 Å². The van der Waals surface area contributed by atoms with Gasteiger partial charge in [-0.3, -0.25) is 56.9 Å². The molecule has 0 atom stereocenters. The van der Waals surface area contributed by atoms with Gasteiger partial charge in [-0.05, 0) is 203 Å². The van der Waals surface area contributed by atoms with Crippen molar-refractivity contribution in [3.8, 4) is 5.69 Å². The molecule has 13 aromatic rings. The van der Waals surface area contributed by atoms with Crippen LogP contribution in [-0.4, -0.2) is 144 Å². The van der Waals surface area contributed by atoms with Crippen LogP contribution in [-0.2, 0) is 107 Å². The zero-order chi connectivity index (χ0) is 98.6. The Morgan fingerprint density at radius 1 is 0.362 bits per heavy atom. The van der Waals surface area contributed by atoms with E-state index in [2.05, 4.69) is 181 Å². The number of aliphatic hydroxyl groups excluding tert-OH is 2. The molecule has 0 bridgehead atoms. The number of amides is 11. The van der Waals surface area contributed by atoms with Crippen LogP contribution < -0.4 is 64.2 Å². The fraction of sp³-hybridized carbons (Fsp3) is 0.412. The van der Waals surface area contributed by atoms with Gasteiger partial charge in [-0.25, -0.2) is 77.8 Å². The molecule has 0 spiro atoms. The third-order valence-corrected chi connectivity index (χ3v) is 25.8. The molecule has 3 saturated carbocycles. The number of nitrogens with one attached hydrogen (secondary N) is 11. The number of anilines is 12. The first-order valence-corrected chi connectivity index (χ1v) is 49.2. The Bertz CT molecular complexity index is 6380. The number of hydrogen-bond acceptors (Lipinski definition) is 26. The highest BCUT2D eigenvalue weighted by atomic mass is 32.1. The number of carbonyl (C=O) groups excluding carboxylic acids is 7. The Kier molecular flexibility index (Phi) is 34.0. The van der Waals surface area contributed by atoms with Gasteiger partial charge in [0.2, 0.25) is 5.91 Å². The predicted octanol–water partition coefficient (Wildman–Crippen LogP) is 17.8. The van der Waals surface area contributed by atoms with Gasteiger partial charge in [0.25, 0.3) is 11.8 Å². The van der Waals surface area contributed by atoms with E-state index in [1.807, 2.05) is 106 Å². The molecule has 15 N–H and O–H groups in total. The van der Waals surface area contributed by atoms with Gasteiger partial charge in [0.15, 0.2) is 20.5 Å². The van der Waals surface area contributed by atoms with E-state index in [-0.39, 0.29) is 45.7 Å². The van der Waals surface area contributed by atoms with Crippen LogP contribution in [0.5, 0.6) is 0 Å². The van der Waals surface area contributed by atoms with Gasteiger partial charge in [-0.15, -0.1) is 45.3 Å². The van der Waals surface area contributed by atoms with E-state index in [1.54, 1.807) is 66.4 Å². The van der Waals surface area contributed by atoms with E-state index in [4.69, 9.17) is 36.3 Å². The molecule has 12 heterocycles. The van der Waals surface area contributed by atoms with E-state index >= 15 is 0 Å². The standard InChI is InChI=1S/C27H31N7O3S.C24H31N7O3S.C24H31N7O2S.C22H29N7OS/c1-17-6-5-7-19(12-17)34-23(14-21(33-34)27(2,3)4)31-25(37)32-26-29-15-20(38-26)9-8-18-10-11-28-22(13-18)30-24(36)16-35;1-24(2,3)18-11-20(31(30-18)13-16-4-5-16)28-22(34)29-23-26-12-17(35-23)7-6-15-8-9-25-19(10-15)27-21(33)14-32;1-15(32)27-20-11-16(9-10-25-20)7-8-18-13-26-23(34-18)29-22(33)28-21-12-19(24(2,3)4)30-31(21)14-17-5-6-17;1-22(2,3)17-11-19(29(28-17)13-15-4-5-15)26-20(30)27-21-25-12-16(31-21)7-6-14-8-9-24-18(23)10-14/h5-7,10-15,35H,8-9,16H2,1-4H3,(H,28,30,36)(H2,29,31,32,37);8-12,16,32H,4-7,13-14H2,1-3H3,(H,25,27,33)(H2,26,28,29,34);9-13,17H,5-8,14H2,1-4H3,(H,25,27,32)(H2,26,28,29,33);8-12,15H,4-7,13H2,1-3H3,(H2,23,24)(H2,25,26,27,30). The van der Waals surface area contributed by atoms with Gasteiger partial charge < -0.3 is 31.9 Å². The predicted molar refractivity (Wildman–Crippen MR) is 544 cm³/mol. The minimum Gasteiger partial charge on any atom is -0.387 e. The maximum atomic E-state index is 12.9. The second kappa shape index (κ2) is 46.0. The summed E-state index contributed by atoms with van der Waals surface area (Å²) in [7, 11) is 0. The minimum atomic E-state index is -0.595. The Morgan fingerprint density at radius 3 is 0.971 bits per heavy atom. The molecule has 0 saturated heterocycles. The van der Waals surface area contributed by atoms with Crippen LogP contribution in [0, 0.1) is 24.7 Å². The van der Waals surface area contributed by atoms with E-state index in [1.165, 1.54) is 90.8 Å².